The van der Waals surface area contributed by atoms with Crippen LogP contribution in [-0.2, 0) is 10.5 Å². The van der Waals surface area contributed by atoms with Gasteiger partial charge >= 0.3 is 0 Å². The quantitative estimate of drug-likeness (QED) is 0.167. The largest absolute Gasteiger partial charge is 0.384 e. The van der Waals surface area contributed by atoms with Crippen molar-refractivity contribution in [1.29, 1.82) is 5.26 Å². The second-order valence-corrected chi connectivity index (χ2v) is 12.4. The number of non-ortho nitro benzene ring substituents is 1. The summed E-state index contributed by atoms with van der Waals surface area (Å²) in [6.07, 6.45) is 1.54. The van der Waals surface area contributed by atoms with E-state index in [-0.39, 0.29) is 22.9 Å². The number of nitrogens with zero attached hydrogens (tertiary/aromatic N) is 3. The van der Waals surface area contributed by atoms with E-state index in [0.29, 0.717) is 52.0 Å². The molecule has 1 aliphatic carbocycles. The minimum atomic E-state index is -0.647. The van der Waals surface area contributed by atoms with Crippen molar-refractivity contribution in [3.05, 3.63) is 119 Å². The average molecular weight is 620 g/mol. The number of ketones is 1. The number of carbonyl (C=O) groups is 1. The Morgan fingerprint density at radius 1 is 1.12 bits per heavy atom. The van der Waals surface area contributed by atoms with Crippen molar-refractivity contribution in [1.82, 2.24) is 0 Å². The van der Waals surface area contributed by atoms with Crippen molar-refractivity contribution < 1.29 is 9.72 Å². The molecule has 10 heteroatoms. The third kappa shape index (κ3) is 5.40. The summed E-state index contributed by atoms with van der Waals surface area (Å²) in [7, 11) is 0. The molecular weight excluding hydrogens is 591 g/mol. The van der Waals surface area contributed by atoms with Gasteiger partial charge < -0.3 is 5.73 Å². The lowest BCUT2D eigenvalue weighted by Crippen LogP contribution is -2.39. The van der Waals surface area contributed by atoms with Crippen LogP contribution in [0.1, 0.15) is 53.0 Å². The molecule has 2 aliphatic rings. The van der Waals surface area contributed by atoms with Crippen molar-refractivity contribution in [2.75, 3.05) is 4.90 Å². The summed E-state index contributed by atoms with van der Waals surface area (Å²) in [5, 5.41) is 23.3. The van der Waals surface area contributed by atoms with Gasteiger partial charge in [0.2, 0.25) is 0 Å². The Hall–Kier alpha value is -3.77. The van der Waals surface area contributed by atoms with Crippen LogP contribution in [0.3, 0.4) is 0 Å². The minimum absolute atomic E-state index is 0.0443. The molecular formula is C32H28Cl2N4O3S. The van der Waals surface area contributed by atoms with Gasteiger partial charge in [0.15, 0.2) is 5.78 Å². The van der Waals surface area contributed by atoms with E-state index in [4.69, 9.17) is 28.9 Å². The van der Waals surface area contributed by atoms with Gasteiger partial charge in [-0.05, 0) is 74.1 Å². The molecule has 0 amide bonds. The first-order chi connectivity index (χ1) is 20.0. The number of anilines is 1. The fraction of sp³-hybridized carbons (Fsp3) is 0.250. The monoisotopic (exact) mass is 618 g/mol. The van der Waals surface area contributed by atoms with Crippen LogP contribution in [-0.4, -0.2) is 10.7 Å². The number of carbonyl (C=O) groups excluding carboxylic acids is 1. The number of allylic oxidation sites excluding steroid dienone is 3. The molecule has 0 aromatic heterocycles. The maximum absolute atomic E-state index is 13.7. The standard InChI is InChI=1S/C32H28Cl2N4O3S/c1-17-11-20(16-42-29-13-21(33)8-10-25(29)34)19(3)23(12-17)30-24(15-35)32(36)37(26-5-4-6-28(39)31(26)30)27-14-22(38(40)41)9-7-18(27)2/h7-14,30H,4-6,16,36H2,1-3H3. The Kier molecular flexibility index (Phi) is 8.38. The molecule has 3 aromatic carbocycles. The number of rotatable bonds is 6. The van der Waals surface area contributed by atoms with Crippen LogP contribution in [0.25, 0.3) is 0 Å². The highest BCUT2D eigenvalue weighted by Crippen LogP contribution is 2.48. The fourth-order valence-electron chi connectivity index (χ4n) is 5.78. The molecule has 0 saturated carbocycles. The topological polar surface area (TPSA) is 113 Å². The molecule has 1 atom stereocenters. The Labute approximate surface area is 258 Å². The number of aryl methyl sites for hydroxylation is 2. The SMILES string of the molecule is Cc1cc(CSc2cc(Cl)ccc2Cl)c(C)c(C2C(C#N)=C(N)N(c3cc([N+](=O)[O-])ccc3C)C3=C2C(=O)CCC3)c1. The van der Waals surface area contributed by atoms with E-state index >= 15 is 0 Å². The Morgan fingerprint density at radius 2 is 1.88 bits per heavy atom. The van der Waals surface area contributed by atoms with E-state index in [0.717, 1.165) is 32.7 Å². The predicted octanol–water partition coefficient (Wildman–Crippen LogP) is 8.42. The molecule has 0 fully saturated rings. The van der Waals surface area contributed by atoms with Gasteiger partial charge in [0.1, 0.15) is 5.82 Å². The van der Waals surface area contributed by atoms with Gasteiger partial charge in [-0.25, -0.2) is 0 Å². The first kappa shape index (κ1) is 29.7. The molecule has 0 radical (unpaired) electrons. The van der Waals surface area contributed by atoms with Crippen LogP contribution >= 0.6 is 35.0 Å². The maximum atomic E-state index is 13.7. The number of halogens is 2. The molecule has 1 heterocycles. The summed E-state index contributed by atoms with van der Waals surface area (Å²) < 4.78 is 0. The molecule has 3 aromatic rings. The van der Waals surface area contributed by atoms with Crippen molar-refractivity contribution >= 4 is 52.1 Å². The van der Waals surface area contributed by atoms with Crippen LogP contribution in [0.5, 0.6) is 0 Å². The lowest BCUT2D eigenvalue weighted by molar-refractivity contribution is -0.384. The first-order valence-electron chi connectivity index (χ1n) is 13.4. The number of hydrogen-bond acceptors (Lipinski definition) is 7. The summed E-state index contributed by atoms with van der Waals surface area (Å²) in [6.45, 7) is 5.82. The highest BCUT2D eigenvalue weighted by Gasteiger charge is 2.41. The van der Waals surface area contributed by atoms with E-state index in [2.05, 4.69) is 12.1 Å². The van der Waals surface area contributed by atoms with E-state index in [1.165, 1.54) is 12.1 Å². The number of nitro benzene ring substituents is 1. The number of hydrogen-bond donors (Lipinski definition) is 1. The lowest BCUT2D eigenvalue weighted by atomic mass is 9.73. The molecule has 1 unspecified atom stereocenters. The average Bonchev–Trinajstić information content (AvgIpc) is 2.95. The summed E-state index contributed by atoms with van der Waals surface area (Å²) in [5.41, 5.74) is 13.2. The third-order valence-electron chi connectivity index (χ3n) is 7.84. The van der Waals surface area contributed by atoms with Crippen LogP contribution in [0.4, 0.5) is 11.4 Å². The molecule has 42 heavy (non-hydrogen) atoms. The zero-order valence-electron chi connectivity index (χ0n) is 23.3. The Balaban J connectivity index is 1.66. The summed E-state index contributed by atoms with van der Waals surface area (Å²) in [5.74, 6) is 0.0958. The number of nitriles is 1. The van der Waals surface area contributed by atoms with Crippen molar-refractivity contribution in [3.8, 4) is 6.07 Å². The maximum Gasteiger partial charge on any atom is 0.271 e. The lowest BCUT2D eigenvalue weighted by Gasteiger charge is -2.40. The van der Waals surface area contributed by atoms with Crippen LogP contribution in [0.2, 0.25) is 10.0 Å². The second-order valence-electron chi connectivity index (χ2n) is 10.5. The van der Waals surface area contributed by atoms with Crippen molar-refractivity contribution in [2.45, 2.75) is 56.6 Å². The molecule has 2 N–H and O–H groups in total. The number of benzene rings is 3. The highest BCUT2D eigenvalue weighted by molar-refractivity contribution is 7.98. The van der Waals surface area contributed by atoms with Gasteiger partial charge in [0, 0.05) is 45.5 Å². The van der Waals surface area contributed by atoms with Gasteiger partial charge in [-0.2, -0.15) is 5.26 Å². The zero-order valence-corrected chi connectivity index (χ0v) is 25.7. The Morgan fingerprint density at radius 3 is 2.60 bits per heavy atom. The second kappa shape index (κ2) is 11.8. The number of nitro groups is 1. The summed E-state index contributed by atoms with van der Waals surface area (Å²) in [6, 6.07) is 16.3. The third-order valence-corrected chi connectivity index (χ3v) is 9.63. The predicted molar refractivity (Wildman–Crippen MR) is 168 cm³/mol. The summed E-state index contributed by atoms with van der Waals surface area (Å²) >= 11 is 14.2. The van der Waals surface area contributed by atoms with Gasteiger partial charge in [0.05, 0.1) is 33.2 Å². The van der Waals surface area contributed by atoms with Gasteiger partial charge in [-0.15, -0.1) is 11.8 Å². The van der Waals surface area contributed by atoms with Crippen molar-refractivity contribution in [3.63, 3.8) is 0 Å². The smallest absolute Gasteiger partial charge is 0.271 e. The molecule has 1 aliphatic heterocycles. The van der Waals surface area contributed by atoms with Crippen LogP contribution < -0.4 is 10.6 Å². The van der Waals surface area contributed by atoms with Gasteiger partial charge in [-0.3, -0.25) is 19.8 Å². The summed E-state index contributed by atoms with van der Waals surface area (Å²) in [4.78, 5) is 27.4. The Bertz CT molecular complexity index is 1760. The highest BCUT2D eigenvalue weighted by atomic mass is 35.5. The van der Waals surface area contributed by atoms with Crippen LogP contribution in [0.15, 0.2) is 76.1 Å². The molecule has 5 rings (SSSR count). The molecule has 0 bridgehead atoms. The fourth-order valence-corrected chi connectivity index (χ4v) is 7.33. The van der Waals surface area contributed by atoms with Gasteiger partial charge in [0.25, 0.3) is 5.69 Å². The minimum Gasteiger partial charge on any atom is -0.384 e. The number of Topliss-reactive ketones (excluding diaryl/α,β-unsaturated/α-hetero) is 1. The molecule has 0 saturated heterocycles. The van der Waals surface area contributed by atoms with Gasteiger partial charge in [-0.1, -0.05) is 47.0 Å². The van der Waals surface area contributed by atoms with E-state index in [1.807, 2.05) is 32.9 Å². The molecule has 0 spiro atoms. The van der Waals surface area contributed by atoms with E-state index < -0.39 is 10.8 Å². The first-order valence-corrected chi connectivity index (χ1v) is 15.1. The number of thioether (sulfide) groups is 1. The van der Waals surface area contributed by atoms with Crippen molar-refractivity contribution in [2.24, 2.45) is 5.73 Å². The molecule has 7 nitrogen and oxygen atoms in total. The van der Waals surface area contributed by atoms with E-state index in [9.17, 15) is 20.2 Å². The molecule has 214 valence electrons. The van der Waals surface area contributed by atoms with Crippen LogP contribution in [0, 0.1) is 42.2 Å². The normalized spacial score (nSPS) is 16.9. The number of nitrogens with two attached hydrogens (primary N) is 1. The zero-order chi connectivity index (χ0) is 30.3. The van der Waals surface area contributed by atoms with E-state index in [1.54, 1.807) is 34.9 Å².